The molecule has 0 spiro atoms. The van der Waals surface area contributed by atoms with Crippen molar-refractivity contribution in [3.05, 3.63) is 29.8 Å². The van der Waals surface area contributed by atoms with Crippen LogP contribution >= 0.6 is 0 Å². The van der Waals surface area contributed by atoms with Crippen LogP contribution in [0.2, 0.25) is 0 Å². The number of alkyl halides is 3. The van der Waals surface area contributed by atoms with Gasteiger partial charge in [0.1, 0.15) is 5.75 Å². The number of benzene rings is 1. The van der Waals surface area contributed by atoms with Crippen LogP contribution < -0.4 is 4.74 Å². The summed E-state index contributed by atoms with van der Waals surface area (Å²) in [5.74, 6) is -0.124. The van der Waals surface area contributed by atoms with E-state index in [1.54, 1.807) is 4.90 Å². The molecule has 1 atom stereocenters. The van der Waals surface area contributed by atoms with Crippen LogP contribution in [0.5, 0.6) is 5.75 Å². The Hall–Kier alpha value is -1.80. The Morgan fingerprint density at radius 2 is 1.76 bits per heavy atom. The molecule has 1 aromatic carbocycles. The summed E-state index contributed by atoms with van der Waals surface area (Å²) in [6.45, 7) is 3.08. The number of nitrogens with zero attached hydrogens (tertiary/aromatic N) is 2. The fourth-order valence-electron chi connectivity index (χ4n) is 3.01. The van der Waals surface area contributed by atoms with Gasteiger partial charge >= 0.3 is 6.36 Å². The number of rotatable bonds is 5. The first-order valence-corrected chi connectivity index (χ1v) is 8.37. The molecule has 1 N–H and O–H groups in total. The van der Waals surface area contributed by atoms with Gasteiger partial charge in [0.2, 0.25) is 0 Å². The molecule has 0 aromatic heterocycles. The van der Waals surface area contributed by atoms with Crippen molar-refractivity contribution >= 4 is 5.91 Å². The fourth-order valence-corrected chi connectivity index (χ4v) is 3.01. The lowest BCUT2D eigenvalue weighted by Crippen LogP contribution is -2.50. The number of hydrogen-bond donors (Lipinski definition) is 1. The maximum atomic E-state index is 12.4. The second-order valence-electron chi connectivity index (χ2n) is 6.57. The summed E-state index contributed by atoms with van der Waals surface area (Å²) in [6, 6.07) is 4.96. The minimum atomic E-state index is -4.74. The van der Waals surface area contributed by atoms with Gasteiger partial charge in [0.25, 0.3) is 5.91 Å². The lowest BCUT2D eigenvalue weighted by molar-refractivity contribution is -0.274. The molecule has 1 saturated heterocycles. The molecule has 2 fully saturated rings. The van der Waals surface area contributed by atoms with E-state index in [0.717, 1.165) is 25.0 Å². The smallest absolute Gasteiger partial charge is 0.406 e. The Balaban J connectivity index is 1.50. The second kappa shape index (κ2) is 7.21. The third-order valence-electron chi connectivity index (χ3n) is 4.61. The monoisotopic (exact) mass is 358 g/mol. The molecule has 3 rings (SSSR count). The normalized spacial score (nSPS) is 20.4. The number of ether oxygens (including phenoxy) is 1. The molecular formula is C17H21F3N2O3. The molecule has 1 aliphatic carbocycles. The van der Waals surface area contributed by atoms with Gasteiger partial charge in [-0.2, -0.15) is 0 Å². The third kappa shape index (κ3) is 5.09. The van der Waals surface area contributed by atoms with Crippen molar-refractivity contribution in [2.45, 2.75) is 25.3 Å². The highest BCUT2D eigenvalue weighted by molar-refractivity contribution is 5.94. The molecule has 2 aliphatic rings. The van der Waals surface area contributed by atoms with Crippen molar-refractivity contribution in [1.29, 1.82) is 0 Å². The largest absolute Gasteiger partial charge is 0.573 e. The molecule has 5 nitrogen and oxygen atoms in total. The lowest BCUT2D eigenvalue weighted by atomic mass is 10.1. The van der Waals surface area contributed by atoms with E-state index in [1.165, 1.54) is 12.1 Å². The van der Waals surface area contributed by atoms with Gasteiger partial charge in [-0.3, -0.25) is 9.69 Å². The number of β-amino-alcohol motifs (C(OH)–C–C–N with tert-alkyl or cyclic N) is 1. The van der Waals surface area contributed by atoms with Gasteiger partial charge in [-0.25, -0.2) is 0 Å². The Kier molecular flexibility index (Phi) is 5.19. The van der Waals surface area contributed by atoms with E-state index >= 15 is 0 Å². The first-order valence-electron chi connectivity index (χ1n) is 8.37. The van der Waals surface area contributed by atoms with Crippen LogP contribution in [0.1, 0.15) is 23.2 Å². The van der Waals surface area contributed by atoms with Crippen molar-refractivity contribution in [3.63, 3.8) is 0 Å². The number of piperazine rings is 1. The maximum absolute atomic E-state index is 12.4. The number of aliphatic hydroxyl groups excluding tert-OH is 1. The van der Waals surface area contributed by atoms with E-state index in [4.69, 9.17) is 0 Å². The number of hydrogen-bond acceptors (Lipinski definition) is 4. The van der Waals surface area contributed by atoms with Crippen molar-refractivity contribution < 1.29 is 27.8 Å². The number of carbonyl (C=O) groups is 1. The molecule has 0 unspecified atom stereocenters. The summed E-state index contributed by atoms with van der Waals surface area (Å²) in [5, 5.41) is 9.99. The molecule has 138 valence electrons. The summed E-state index contributed by atoms with van der Waals surface area (Å²) in [6.07, 6.45) is -2.85. The predicted octanol–water partition coefficient (Wildman–Crippen LogP) is 2.11. The molecule has 1 saturated carbocycles. The van der Waals surface area contributed by atoms with Crippen molar-refractivity contribution in [1.82, 2.24) is 9.80 Å². The summed E-state index contributed by atoms with van der Waals surface area (Å²) in [5.41, 5.74) is 0.334. The first-order chi connectivity index (χ1) is 11.8. The molecule has 0 bridgehead atoms. The molecule has 1 heterocycles. The van der Waals surface area contributed by atoms with Crippen LogP contribution in [-0.4, -0.2) is 66.0 Å². The van der Waals surface area contributed by atoms with Crippen molar-refractivity contribution in [3.8, 4) is 5.75 Å². The molecule has 1 amide bonds. The van der Waals surface area contributed by atoms with E-state index in [-0.39, 0.29) is 17.8 Å². The van der Waals surface area contributed by atoms with Gasteiger partial charge in [0.05, 0.1) is 6.10 Å². The topological polar surface area (TPSA) is 53.0 Å². The average Bonchev–Trinajstić information content (AvgIpc) is 3.39. The van der Waals surface area contributed by atoms with Crippen LogP contribution in [0, 0.1) is 5.92 Å². The van der Waals surface area contributed by atoms with Gasteiger partial charge < -0.3 is 14.7 Å². The second-order valence-corrected chi connectivity index (χ2v) is 6.57. The Morgan fingerprint density at radius 1 is 1.16 bits per heavy atom. The Labute approximate surface area is 144 Å². The summed E-state index contributed by atoms with van der Waals surface area (Å²) in [7, 11) is 0. The number of aliphatic hydroxyl groups is 1. The molecule has 25 heavy (non-hydrogen) atoms. The van der Waals surface area contributed by atoms with Crippen LogP contribution in [-0.2, 0) is 0 Å². The van der Waals surface area contributed by atoms with E-state index < -0.39 is 6.36 Å². The van der Waals surface area contributed by atoms with Crippen LogP contribution in [0.15, 0.2) is 24.3 Å². The minimum absolute atomic E-state index is 0.207. The number of carbonyl (C=O) groups excluding carboxylic acids is 1. The van der Waals surface area contributed by atoms with Gasteiger partial charge in [-0.1, -0.05) is 0 Å². The van der Waals surface area contributed by atoms with E-state index in [1.807, 2.05) is 0 Å². The first kappa shape index (κ1) is 18.0. The minimum Gasteiger partial charge on any atom is -0.406 e. The zero-order chi connectivity index (χ0) is 18.0. The van der Waals surface area contributed by atoms with Crippen LogP contribution in [0.3, 0.4) is 0 Å². The molecule has 1 aromatic rings. The quantitative estimate of drug-likeness (QED) is 0.876. The maximum Gasteiger partial charge on any atom is 0.573 e. The lowest BCUT2D eigenvalue weighted by Gasteiger charge is -2.35. The van der Waals surface area contributed by atoms with E-state index in [2.05, 4.69) is 9.64 Å². The Bertz CT molecular complexity index is 594. The highest BCUT2D eigenvalue weighted by Gasteiger charge is 2.33. The van der Waals surface area contributed by atoms with Gasteiger partial charge in [-0.15, -0.1) is 13.2 Å². The third-order valence-corrected chi connectivity index (χ3v) is 4.61. The summed E-state index contributed by atoms with van der Waals surface area (Å²) in [4.78, 5) is 16.3. The predicted molar refractivity (Wildman–Crippen MR) is 84.2 cm³/mol. The standard InChI is InChI=1S/C17H21F3N2O3/c18-17(19,20)25-14-5-3-13(4-6-14)16(24)22-9-7-21(8-10-22)11-15(23)12-1-2-12/h3-6,12,15,23H,1-2,7-11H2/t15-/m0/s1. The number of amides is 1. The van der Waals surface area contributed by atoms with Crippen LogP contribution in [0.4, 0.5) is 13.2 Å². The summed E-state index contributed by atoms with van der Waals surface area (Å²) < 4.78 is 40.3. The fraction of sp³-hybridized carbons (Fsp3) is 0.588. The average molecular weight is 358 g/mol. The van der Waals surface area contributed by atoms with Gasteiger partial charge in [0.15, 0.2) is 0 Å². The van der Waals surface area contributed by atoms with Crippen molar-refractivity contribution in [2.75, 3.05) is 32.7 Å². The molecule has 8 heteroatoms. The highest BCUT2D eigenvalue weighted by atomic mass is 19.4. The van der Waals surface area contributed by atoms with E-state index in [9.17, 15) is 23.1 Å². The van der Waals surface area contributed by atoms with Gasteiger partial charge in [0, 0.05) is 38.3 Å². The van der Waals surface area contributed by atoms with Crippen molar-refractivity contribution in [2.24, 2.45) is 5.92 Å². The van der Waals surface area contributed by atoms with E-state index in [0.29, 0.717) is 44.2 Å². The Morgan fingerprint density at radius 3 is 2.28 bits per heavy atom. The summed E-state index contributed by atoms with van der Waals surface area (Å²) >= 11 is 0. The highest BCUT2D eigenvalue weighted by Crippen LogP contribution is 2.33. The molecule has 1 aliphatic heterocycles. The SMILES string of the molecule is O=C(c1ccc(OC(F)(F)F)cc1)N1CCN(C[C@H](O)C2CC2)CC1. The molecular weight excluding hydrogens is 337 g/mol. The van der Waals surface area contributed by atoms with Gasteiger partial charge in [-0.05, 0) is 43.0 Å². The van der Waals surface area contributed by atoms with Crippen LogP contribution in [0.25, 0.3) is 0 Å². The molecule has 0 radical (unpaired) electrons. The zero-order valence-electron chi connectivity index (χ0n) is 13.7. The number of halogens is 3. The zero-order valence-corrected chi connectivity index (χ0v) is 13.7.